The summed E-state index contributed by atoms with van der Waals surface area (Å²) in [5.41, 5.74) is 5.96. The molecule has 0 aliphatic rings. The van der Waals surface area contributed by atoms with E-state index in [9.17, 15) is 9.18 Å². The number of anilines is 2. The zero-order valence-corrected chi connectivity index (χ0v) is 12.7. The Bertz CT molecular complexity index is 634. The van der Waals surface area contributed by atoms with Gasteiger partial charge in [-0.25, -0.2) is 4.39 Å². The van der Waals surface area contributed by atoms with Gasteiger partial charge >= 0.3 is 0 Å². The second kappa shape index (κ2) is 7.33. The Kier molecular flexibility index (Phi) is 5.47. The highest BCUT2D eigenvalue weighted by Crippen LogP contribution is 2.21. The van der Waals surface area contributed by atoms with Crippen LogP contribution in [-0.4, -0.2) is 11.7 Å². The van der Waals surface area contributed by atoms with Crippen LogP contribution in [0.3, 0.4) is 0 Å². The third-order valence-corrected chi connectivity index (χ3v) is 3.96. The molecule has 3 N–H and O–H groups in total. The van der Waals surface area contributed by atoms with Crippen LogP contribution in [0.1, 0.15) is 6.42 Å². The predicted molar refractivity (Wildman–Crippen MR) is 86.2 cm³/mol. The van der Waals surface area contributed by atoms with Crippen LogP contribution in [0, 0.1) is 5.82 Å². The molecule has 0 saturated carbocycles. The number of hydrogen-bond donors (Lipinski definition) is 2. The Morgan fingerprint density at radius 3 is 2.62 bits per heavy atom. The first-order valence-electron chi connectivity index (χ1n) is 6.28. The van der Waals surface area contributed by atoms with Crippen molar-refractivity contribution in [2.24, 2.45) is 0 Å². The van der Waals surface area contributed by atoms with Crippen LogP contribution in [0.25, 0.3) is 0 Å². The van der Waals surface area contributed by atoms with Gasteiger partial charge in [-0.15, -0.1) is 11.8 Å². The number of carbonyl (C=O) groups is 1. The Balaban J connectivity index is 1.79. The maximum Gasteiger partial charge on any atom is 0.225 e. The molecule has 0 saturated heterocycles. The van der Waals surface area contributed by atoms with Crippen molar-refractivity contribution >= 4 is 40.6 Å². The summed E-state index contributed by atoms with van der Waals surface area (Å²) in [5.74, 6) is 0.0122. The van der Waals surface area contributed by atoms with Gasteiger partial charge in [0.1, 0.15) is 5.82 Å². The lowest BCUT2D eigenvalue weighted by molar-refractivity contribution is -0.115. The van der Waals surface area contributed by atoms with Crippen LogP contribution >= 0.6 is 23.4 Å². The van der Waals surface area contributed by atoms with Crippen LogP contribution in [0.4, 0.5) is 15.8 Å². The van der Waals surface area contributed by atoms with Crippen LogP contribution in [0.15, 0.2) is 47.4 Å². The summed E-state index contributed by atoms with van der Waals surface area (Å²) < 4.78 is 13.0. The maximum atomic E-state index is 13.0. The lowest BCUT2D eigenvalue weighted by atomic mass is 10.2. The lowest BCUT2D eigenvalue weighted by Gasteiger charge is -2.06. The van der Waals surface area contributed by atoms with Gasteiger partial charge in [0.25, 0.3) is 0 Å². The highest BCUT2D eigenvalue weighted by molar-refractivity contribution is 7.99. The molecule has 0 aliphatic heterocycles. The first-order chi connectivity index (χ1) is 10.0. The van der Waals surface area contributed by atoms with Gasteiger partial charge in [-0.1, -0.05) is 11.6 Å². The van der Waals surface area contributed by atoms with E-state index >= 15 is 0 Å². The molecule has 0 aromatic heterocycles. The van der Waals surface area contributed by atoms with Crippen molar-refractivity contribution < 1.29 is 9.18 Å². The quantitative estimate of drug-likeness (QED) is 0.640. The van der Waals surface area contributed by atoms with Gasteiger partial charge < -0.3 is 11.1 Å². The van der Waals surface area contributed by atoms with Gasteiger partial charge in [-0.05, 0) is 42.5 Å². The molecule has 0 heterocycles. The van der Waals surface area contributed by atoms with E-state index in [0.29, 0.717) is 22.9 Å². The Morgan fingerprint density at radius 2 is 1.95 bits per heavy atom. The third-order valence-electron chi connectivity index (χ3n) is 2.69. The van der Waals surface area contributed by atoms with Gasteiger partial charge in [0.05, 0.1) is 5.69 Å². The minimum atomic E-state index is -0.494. The summed E-state index contributed by atoms with van der Waals surface area (Å²) in [4.78, 5) is 12.8. The van der Waals surface area contributed by atoms with E-state index in [1.807, 2.05) is 24.3 Å². The smallest absolute Gasteiger partial charge is 0.225 e. The fourth-order valence-electron chi connectivity index (χ4n) is 1.64. The van der Waals surface area contributed by atoms with E-state index < -0.39 is 5.82 Å². The lowest BCUT2D eigenvalue weighted by Crippen LogP contribution is -2.12. The van der Waals surface area contributed by atoms with Gasteiger partial charge in [-0.3, -0.25) is 4.79 Å². The van der Waals surface area contributed by atoms with E-state index in [1.165, 1.54) is 18.2 Å². The molecule has 1 amide bonds. The highest BCUT2D eigenvalue weighted by atomic mass is 35.5. The summed E-state index contributed by atoms with van der Waals surface area (Å²) in [6.07, 6.45) is 0.352. The molecule has 0 bridgehead atoms. The van der Waals surface area contributed by atoms with E-state index in [-0.39, 0.29) is 11.6 Å². The molecule has 3 nitrogen and oxygen atoms in total. The van der Waals surface area contributed by atoms with Crippen molar-refractivity contribution in [3.63, 3.8) is 0 Å². The van der Waals surface area contributed by atoms with Crippen LogP contribution in [0.5, 0.6) is 0 Å². The number of amides is 1. The van der Waals surface area contributed by atoms with Crippen molar-refractivity contribution in [3.8, 4) is 0 Å². The summed E-state index contributed by atoms with van der Waals surface area (Å²) in [7, 11) is 0. The Labute approximate surface area is 131 Å². The zero-order valence-electron chi connectivity index (χ0n) is 11.1. The average Bonchev–Trinajstić information content (AvgIpc) is 2.45. The largest absolute Gasteiger partial charge is 0.396 e. The number of halogens is 2. The minimum absolute atomic E-state index is 0.0170. The molecule has 0 radical (unpaired) electrons. The SMILES string of the molecule is Nc1cc(NC(=O)CCSc2ccc(Cl)cc2)ccc1F. The first kappa shape index (κ1) is 15.7. The average molecular weight is 325 g/mol. The van der Waals surface area contributed by atoms with Crippen molar-refractivity contribution in [2.75, 3.05) is 16.8 Å². The zero-order chi connectivity index (χ0) is 15.2. The Morgan fingerprint density at radius 1 is 1.24 bits per heavy atom. The molecule has 0 unspecified atom stereocenters. The molecule has 2 aromatic carbocycles. The molecular formula is C15H14ClFN2OS. The van der Waals surface area contributed by atoms with Crippen molar-refractivity contribution in [1.82, 2.24) is 0 Å². The monoisotopic (exact) mass is 324 g/mol. The van der Waals surface area contributed by atoms with E-state index in [1.54, 1.807) is 11.8 Å². The number of thioether (sulfide) groups is 1. The summed E-state index contributed by atoms with van der Waals surface area (Å²) >= 11 is 7.37. The Hall–Kier alpha value is -1.72. The number of nitrogen functional groups attached to an aromatic ring is 1. The van der Waals surface area contributed by atoms with E-state index in [0.717, 1.165) is 4.90 Å². The van der Waals surface area contributed by atoms with Crippen LogP contribution in [-0.2, 0) is 4.79 Å². The second-order valence-corrected chi connectivity index (χ2v) is 5.94. The first-order valence-corrected chi connectivity index (χ1v) is 7.64. The molecule has 0 fully saturated rings. The maximum absolute atomic E-state index is 13.0. The number of rotatable bonds is 5. The molecule has 2 aromatic rings. The molecule has 110 valence electrons. The standard InChI is InChI=1S/C15H14ClFN2OS/c16-10-1-4-12(5-2-10)21-8-7-15(20)19-11-3-6-13(17)14(18)9-11/h1-6,9H,7-8,18H2,(H,19,20). The normalized spacial score (nSPS) is 10.4. The summed E-state index contributed by atoms with van der Waals surface area (Å²) in [6, 6.07) is 11.6. The van der Waals surface area contributed by atoms with Crippen LogP contribution < -0.4 is 11.1 Å². The molecule has 6 heteroatoms. The summed E-state index contributed by atoms with van der Waals surface area (Å²) in [5, 5.41) is 3.37. The topological polar surface area (TPSA) is 55.1 Å². The number of carbonyl (C=O) groups excluding carboxylic acids is 1. The van der Waals surface area contributed by atoms with E-state index in [4.69, 9.17) is 17.3 Å². The fourth-order valence-corrected chi connectivity index (χ4v) is 2.62. The molecule has 0 spiro atoms. The van der Waals surface area contributed by atoms with Gasteiger partial charge in [0, 0.05) is 27.8 Å². The molecule has 0 aliphatic carbocycles. The number of benzene rings is 2. The fraction of sp³-hybridized carbons (Fsp3) is 0.133. The highest BCUT2D eigenvalue weighted by Gasteiger charge is 2.05. The van der Waals surface area contributed by atoms with Crippen molar-refractivity contribution in [2.45, 2.75) is 11.3 Å². The third kappa shape index (κ3) is 4.95. The predicted octanol–water partition coefficient (Wildman–Crippen LogP) is 4.18. The van der Waals surface area contributed by atoms with Gasteiger partial charge in [0.2, 0.25) is 5.91 Å². The van der Waals surface area contributed by atoms with Gasteiger partial charge in [-0.2, -0.15) is 0 Å². The summed E-state index contributed by atoms with van der Waals surface area (Å²) in [6.45, 7) is 0. The molecular weight excluding hydrogens is 311 g/mol. The number of nitrogens with two attached hydrogens (primary N) is 1. The molecule has 21 heavy (non-hydrogen) atoms. The van der Waals surface area contributed by atoms with Crippen LogP contribution in [0.2, 0.25) is 5.02 Å². The molecule has 2 rings (SSSR count). The minimum Gasteiger partial charge on any atom is -0.396 e. The molecule has 0 atom stereocenters. The van der Waals surface area contributed by atoms with Crippen molar-refractivity contribution in [3.05, 3.63) is 53.3 Å². The second-order valence-electron chi connectivity index (χ2n) is 4.34. The van der Waals surface area contributed by atoms with Crippen molar-refractivity contribution in [1.29, 1.82) is 0 Å². The van der Waals surface area contributed by atoms with E-state index in [2.05, 4.69) is 5.32 Å². The number of hydrogen-bond acceptors (Lipinski definition) is 3. The number of nitrogens with one attached hydrogen (secondary N) is 1. The van der Waals surface area contributed by atoms with Gasteiger partial charge in [0.15, 0.2) is 0 Å².